The molecule has 1 aliphatic carbocycles. The summed E-state index contributed by atoms with van der Waals surface area (Å²) in [6, 6.07) is -0.223. The number of carbonyl (C=O) groups is 1. The molecule has 1 unspecified atom stereocenters. The van der Waals surface area contributed by atoms with Crippen molar-refractivity contribution in [1.82, 2.24) is 14.9 Å². The number of thiophene rings is 1. The minimum absolute atomic E-state index is 0.0404. The van der Waals surface area contributed by atoms with Gasteiger partial charge < -0.3 is 10.4 Å². The van der Waals surface area contributed by atoms with Gasteiger partial charge in [0.2, 0.25) is 5.91 Å². The van der Waals surface area contributed by atoms with E-state index >= 15 is 0 Å². The van der Waals surface area contributed by atoms with E-state index in [1.54, 1.807) is 17.7 Å². The highest BCUT2D eigenvalue weighted by molar-refractivity contribution is 7.18. The Balaban J connectivity index is 1.77. The second kappa shape index (κ2) is 7.44. The van der Waals surface area contributed by atoms with Gasteiger partial charge in [-0.2, -0.15) is 0 Å². The molecule has 2 aromatic heterocycles. The van der Waals surface area contributed by atoms with Gasteiger partial charge in [-0.25, -0.2) is 4.98 Å². The lowest BCUT2D eigenvalue weighted by atomic mass is 9.97. The predicted molar refractivity (Wildman–Crippen MR) is 94.4 cm³/mol. The molecule has 2 N–H and O–H groups in total. The van der Waals surface area contributed by atoms with Crippen LogP contribution in [0.25, 0.3) is 10.2 Å². The Morgan fingerprint density at radius 3 is 3.00 bits per heavy atom. The van der Waals surface area contributed by atoms with Crippen LogP contribution in [-0.4, -0.2) is 33.2 Å². The monoisotopic (exact) mass is 349 g/mol. The van der Waals surface area contributed by atoms with Crippen LogP contribution < -0.4 is 10.9 Å². The minimum atomic E-state index is -0.223. The Kier molecular flexibility index (Phi) is 5.30. The van der Waals surface area contributed by atoms with Gasteiger partial charge in [0.25, 0.3) is 5.56 Å². The Labute approximate surface area is 144 Å². The number of fused-ring (bicyclic) bond motifs is 3. The number of hydrogen-bond acceptors (Lipinski definition) is 5. The molecule has 0 saturated heterocycles. The van der Waals surface area contributed by atoms with Gasteiger partial charge in [0.15, 0.2) is 0 Å². The van der Waals surface area contributed by atoms with Gasteiger partial charge in [0, 0.05) is 17.8 Å². The lowest BCUT2D eigenvalue weighted by molar-refractivity contribution is -0.122. The zero-order chi connectivity index (χ0) is 17.1. The quantitative estimate of drug-likeness (QED) is 0.830. The van der Waals surface area contributed by atoms with E-state index in [1.165, 1.54) is 21.4 Å². The lowest BCUT2D eigenvalue weighted by Crippen LogP contribution is -2.37. The number of nitrogens with one attached hydrogen (secondary N) is 1. The first kappa shape index (κ1) is 17.1. The Morgan fingerprint density at radius 2 is 2.25 bits per heavy atom. The first-order valence-electron chi connectivity index (χ1n) is 8.54. The molecule has 3 rings (SSSR count). The standard InChI is InChI=1S/C17H23N3O3S/c1-2-11(9-21)19-14(22)7-8-20-10-18-16-15(17(20)23)12-5-3-4-6-13(12)24-16/h10-11,21H,2-9H2,1H3,(H,19,22). The normalized spacial score (nSPS) is 15.2. The molecule has 7 heteroatoms. The zero-order valence-corrected chi connectivity index (χ0v) is 14.7. The fourth-order valence-electron chi connectivity index (χ4n) is 3.14. The van der Waals surface area contributed by atoms with Crippen molar-refractivity contribution < 1.29 is 9.90 Å². The second-order valence-corrected chi connectivity index (χ2v) is 7.32. The molecular formula is C17H23N3O3S. The minimum Gasteiger partial charge on any atom is -0.394 e. The summed E-state index contributed by atoms with van der Waals surface area (Å²) in [6.07, 6.45) is 6.71. The van der Waals surface area contributed by atoms with Crippen molar-refractivity contribution in [1.29, 1.82) is 0 Å². The molecule has 1 atom stereocenters. The van der Waals surface area contributed by atoms with E-state index in [2.05, 4.69) is 10.3 Å². The van der Waals surface area contributed by atoms with Gasteiger partial charge in [-0.3, -0.25) is 14.2 Å². The third-order valence-corrected chi connectivity index (χ3v) is 5.80. The van der Waals surface area contributed by atoms with Crippen LogP contribution in [0.15, 0.2) is 11.1 Å². The molecule has 0 aromatic carbocycles. The molecule has 0 bridgehead atoms. The average Bonchev–Trinajstić information content (AvgIpc) is 2.98. The summed E-state index contributed by atoms with van der Waals surface area (Å²) in [7, 11) is 0. The van der Waals surface area contributed by atoms with Crippen molar-refractivity contribution in [3.63, 3.8) is 0 Å². The average molecular weight is 349 g/mol. The number of aliphatic hydroxyl groups excluding tert-OH is 1. The van der Waals surface area contributed by atoms with Crippen LogP contribution in [-0.2, 0) is 24.2 Å². The number of nitrogens with zero attached hydrogens (tertiary/aromatic N) is 2. The van der Waals surface area contributed by atoms with Crippen molar-refractivity contribution >= 4 is 27.5 Å². The van der Waals surface area contributed by atoms with E-state index in [0.717, 1.165) is 29.5 Å². The number of hydrogen-bond donors (Lipinski definition) is 2. The fraction of sp³-hybridized carbons (Fsp3) is 0.588. The van der Waals surface area contributed by atoms with Crippen LogP contribution in [0, 0.1) is 0 Å². The number of aromatic nitrogens is 2. The van der Waals surface area contributed by atoms with Gasteiger partial charge in [-0.1, -0.05) is 6.92 Å². The summed E-state index contributed by atoms with van der Waals surface area (Å²) in [5.74, 6) is -0.157. The third kappa shape index (κ3) is 3.37. The third-order valence-electron chi connectivity index (χ3n) is 4.60. The first-order chi connectivity index (χ1) is 11.6. The van der Waals surface area contributed by atoms with Gasteiger partial charge >= 0.3 is 0 Å². The summed E-state index contributed by atoms with van der Waals surface area (Å²) in [5, 5.41) is 12.6. The van der Waals surface area contributed by atoms with E-state index in [0.29, 0.717) is 13.0 Å². The van der Waals surface area contributed by atoms with Crippen LogP contribution in [0.4, 0.5) is 0 Å². The maximum Gasteiger partial charge on any atom is 0.262 e. The van der Waals surface area contributed by atoms with Gasteiger partial charge in [0.1, 0.15) is 4.83 Å². The number of carbonyl (C=O) groups excluding carboxylic acids is 1. The summed E-state index contributed by atoms with van der Waals surface area (Å²) in [5.41, 5.74) is 1.13. The molecule has 1 amide bonds. The molecule has 0 aliphatic heterocycles. The van der Waals surface area contributed by atoms with Crippen molar-refractivity contribution in [3.8, 4) is 0 Å². The van der Waals surface area contributed by atoms with Crippen LogP contribution >= 0.6 is 11.3 Å². The van der Waals surface area contributed by atoms with E-state index in [9.17, 15) is 9.59 Å². The maximum absolute atomic E-state index is 12.8. The van der Waals surface area contributed by atoms with Crippen LogP contribution in [0.3, 0.4) is 0 Å². The van der Waals surface area contributed by atoms with E-state index in [4.69, 9.17) is 5.11 Å². The molecule has 2 aromatic rings. The molecule has 0 fully saturated rings. The highest BCUT2D eigenvalue weighted by Crippen LogP contribution is 2.33. The van der Waals surface area contributed by atoms with Crippen LogP contribution in [0.1, 0.15) is 43.0 Å². The molecule has 6 nitrogen and oxygen atoms in total. The summed E-state index contributed by atoms with van der Waals surface area (Å²) < 4.78 is 1.53. The number of aliphatic hydroxyl groups is 1. The Morgan fingerprint density at radius 1 is 1.46 bits per heavy atom. The molecule has 0 radical (unpaired) electrons. The molecule has 0 spiro atoms. The number of amides is 1. The molecule has 0 saturated carbocycles. The summed E-state index contributed by atoms with van der Waals surface area (Å²) in [6.45, 7) is 2.14. The van der Waals surface area contributed by atoms with Gasteiger partial charge in [0.05, 0.1) is 24.4 Å². The zero-order valence-electron chi connectivity index (χ0n) is 13.9. The van der Waals surface area contributed by atoms with Crippen molar-refractivity contribution in [2.24, 2.45) is 0 Å². The maximum atomic E-state index is 12.8. The van der Waals surface area contributed by atoms with Crippen LogP contribution in [0.2, 0.25) is 0 Å². The summed E-state index contributed by atoms with van der Waals surface area (Å²) >= 11 is 1.63. The fourth-order valence-corrected chi connectivity index (χ4v) is 4.36. The van der Waals surface area contributed by atoms with Crippen molar-refractivity contribution in [2.45, 2.75) is 58.0 Å². The Bertz CT molecular complexity index is 792. The van der Waals surface area contributed by atoms with E-state index in [-0.39, 0.29) is 30.5 Å². The van der Waals surface area contributed by atoms with E-state index in [1.807, 2.05) is 6.92 Å². The Hall–Kier alpha value is -1.73. The van der Waals surface area contributed by atoms with Gasteiger partial charge in [-0.15, -0.1) is 11.3 Å². The predicted octanol–water partition coefficient (Wildman–Crippen LogP) is 1.61. The second-order valence-electron chi connectivity index (χ2n) is 6.24. The topological polar surface area (TPSA) is 84.2 Å². The van der Waals surface area contributed by atoms with E-state index < -0.39 is 0 Å². The molecule has 1 aliphatic rings. The SMILES string of the molecule is CCC(CO)NC(=O)CCn1cnc2sc3c(c2c1=O)CCCC3. The smallest absolute Gasteiger partial charge is 0.262 e. The van der Waals surface area contributed by atoms with Gasteiger partial charge in [-0.05, 0) is 37.7 Å². The largest absolute Gasteiger partial charge is 0.394 e. The molecule has 24 heavy (non-hydrogen) atoms. The highest BCUT2D eigenvalue weighted by atomic mass is 32.1. The number of rotatable bonds is 6. The molecular weight excluding hydrogens is 326 g/mol. The molecule has 2 heterocycles. The highest BCUT2D eigenvalue weighted by Gasteiger charge is 2.20. The van der Waals surface area contributed by atoms with Crippen molar-refractivity contribution in [3.05, 3.63) is 27.1 Å². The van der Waals surface area contributed by atoms with Crippen molar-refractivity contribution in [2.75, 3.05) is 6.61 Å². The number of aryl methyl sites for hydroxylation is 3. The first-order valence-corrected chi connectivity index (χ1v) is 9.35. The molecule has 130 valence electrons. The summed E-state index contributed by atoms with van der Waals surface area (Å²) in [4.78, 5) is 31.3. The lowest BCUT2D eigenvalue weighted by Gasteiger charge is -2.14. The van der Waals surface area contributed by atoms with Crippen LogP contribution in [0.5, 0.6) is 0 Å².